The van der Waals surface area contributed by atoms with Gasteiger partial charge >= 0.3 is 0 Å². The maximum Gasteiger partial charge on any atom is 0.0938 e. The van der Waals surface area contributed by atoms with Gasteiger partial charge in [0.25, 0.3) is 0 Å². The Kier molecular flexibility index (Phi) is 5.94. The van der Waals surface area contributed by atoms with E-state index in [9.17, 15) is 0 Å². The van der Waals surface area contributed by atoms with E-state index in [4.69, 9.17) is 4.74 Å². The molecule has 1 unspecified atom stereocenters. The molecule has 0 bridgehead atoms. The van der Waals surface area contributed by atoms with Crippen LogP contribution in [-0.2, 0) is 4.74 Å². The van der Waals surface area contributed by atoms with Gasteiger partial charge in [0.1, 0.15) is 0 Å². The third-order valence-electron chi connectivity index (χ3n) is 1.55. The van der Waals surface area contributed by atoms with Gasteiger partial charge < -0.3 is 10.1 Å². The van der Waals surface area contributed by atoms with Crippen LogP contribution in [0.5, 0.6) is 0 Å². The standard InChI is InChI=1S/C7H13NO.C2H6/c1-3-7-6(2)9-5-4-8-7;1-2/h3,6,8H,4-5H2,1-2H3;1-2H3/b7-3+;. The highest BCUT2D eigenvalue weighted by atomic mass is 16.5. The largest absolute Gasteiger partial charge is 0.384 e. The maximum absolute atomic E-state index is 5.35. The van der Waals surface area contributed by atoms with Gasteiger partial charge in [-0.05, 0) is 13.8 Å². The molecule has 0 radical (unpaired) electrons. The molecule has 66 valence electrons. The van der Waals surface area contributed by atoms with E-state index in [0.717, 1.165) is 13.2 Å². The van der Waals surface area contributed by atoms with Gasteiger partial charge in [0.2, 0.25) is 0 Å². The predicted octanol–water partition coefficient (Wildman–Crippen LogP) is 1.92. The average Bonchev–Trinajstić information content (AvgIpc) is 2.09. The van der Waals surface area contributed by atoms with Gasteiger partial charge in [-0.15, -0.1) is 0 Å². The number of nitrogens with one attached hydrogen (secondary N) is 1. The molecule has 0 amide bonds. The Balaban J connectivity index is 0.000000461. The molecule has 2 heteroatoms. The Morgan fingerprint density at radius 2 is 2.18 bits per heavy atom. The predicted molar refractivity (Wildman–Crippen MR) is 48.5 cm³/mol. The van der Waals surface area contributed by atoms with Crippen LogP contribution in [-0.4, -0.2) is 19.3 Å². The third kappa shape index (κ3) is 3.42. The lowest BCUT2D eigenvalue weighted by molar-refractivity contribution is 0.0658. The summed E-state index contributed by atoms with van der Waals surface area (Å²) in [6, 6.07) is 0. The monoisotopic (exact) mass is 157 g/mol. The summed E-state index contributed by atoms with van der Waals surface area (Å²) in [7, 11) is 0. The van der Waals surface area contributed by atoms with Crippen LogP contribution in [0.4, 0.5) is 0 Å². The first-order valence-corrected chi connectivity index (χ1v) is 4.36. The molecule has 1 rings (SSSR count). The van der Waals surface area contributed by atoms with Crippen LogP contribution in [0.1, 0.15) is 27.7 Å². The van der Waals surface area contributed by atoms with Gasteiger partial charge in [-0.3, -0.25) is 0 Å². The fourth-order valence-electron chi connectivity index (χ4n) is 1.00. The Labute approximate surface area is 69.6 Å². The summed E-state index contributed by atoms with van der Waals surface area (Å²) >= 11 is 0. The zero-order valence-corrected chi connectivity index (χ0v) is 7.98. The van der Waals surface area contributed by atoms with Crippen LogP contribution in [0.2, 0.25) is 0 Å². The molecule has 1 saturated heterocycles. The highest BCUT2D eigenvalue weighted by Crippen LogP contribution is 2.05. The highest BCUT2D eigenvalue weighted by molar-refractivity contribution is 5.04. The molecule has 0 spiro atoms. The Bertz CT molecular complexity index is 121. The number of morpholine rings is 1. The van der Waals surface area contributed by atoms with Crippen molar-refractivity contribution in [3.05, 3.63) is 11.8 Å². The lowest BCUT2D eigenvalue weighted by Gasteiger charge is -2.23. The third-order valence-corrected chi connectivity index (χ3v) is 1.55. The van der Waals surface area contributed by atoms with Gasteiger partial charge in [-0.2, -0.15) is 0 Å². The van der Waals surface area contributed by atoms with Crippen molar-refractivity contribution >= 4 is 0 Å². The van der Waals surface area contributed by atoms with Gasteiger partial charge in [-0.1, -0.05) is 19.9 Å². The molecule has 1 atom stereocenters. The van der Waals surface area contributed by atoms with Crippen molar-refractivity contribution in [1.29, 1.82) is 0 Å². The van der Waals surface area contributed by atoms with Crippen LogP contribution in [0, 0.1) is 0 Å². The van der Waals surface area contributed by atoms with Crippen LogP contribution < -0.4 is 5.32 Å². The van der Waals surface area contributed by atoms with Crippen molar-refractivity contribution in [1.82, 2.24) is 5.32 Å². The molecule has 1 aliphatic heterocycles. The smallest absolute Gasteiger partial charge is 0.0938 e. The molecular formula is C9H19NO. The summed E-state index contributed by atoms with van der Waals surface area (Å²) in [5.74, 6) is 0. The Morgan fingerprint density at radius 3 is 2.55 bits per heavy atom. The minimum absolute atomic E-state index is 0.267. The summed E-state index contributed by atoms with van der Waals surface area (Å²) in [5.41, 5.74) is 1.21. The Morgan fingerprint density at radius 1 is 1.55 bits per heavy atom. The van der Waals surface area contributed by atoms with E-state index in [1.54, 1.807) is 0 Å². The molecule has 0 aliphatic carbocycles. The summed E-state index contributed by atoms with van der Waals surface area (Å²) in [5, 5.41) is 3.25. The number of ether oxygens (including phenoxy) is 1. The van der Waals surface area contributed by atoms with Gasteiger partial charge in [0, 0.05) is 12.2 Å². The second-order valence-corrected chi connectivity index (χ2v) is 2.18. The lowest BCUT2D eigenvalue weighted by Crippen LogP contribution is -2.34. The SMILES string of the molecule is C/C=C1/NCCOC1C.CC. The lowest BCUT2D eigenvalue weighted by atomic mass is 10.2. The first-order chi connectivity index (χ1) is 5.34. The average molecular weight is 157 g/mol. The first kappa shape index (κ1) is 10.5. The number of rotatable bonds is 0. The van der Waals surface area contributed by atoms with E-state index >= 15 is 0 Å². The van der Waals surface area contributed by atoms with E-state index < -0.39 is 0 Å². The van der Waals surface area contributed by atoms with Crippen molar-refractivity contribution in [3.8, 4) is 0 Å². The zero-order valence-electron chi connectivity index (χ0n) is 7.98. The number of hydrogen-bond acceptors (Lipinski definition) is 2. The fraction of sp³-hybridized carbons (Fsp3) is 0.778. The van der Waals surface area contributed by atoms with Crippen LogP contribution in [0.15, 0.2) is 11.8 Å². The molecule has 0 saturated carbocycles. The second-order valence-electron chi connectivity index (χ2n) is 2.18. The minimum Gasteiger partial charge on any atom is -0.384 e. The molecule has 0 aromatic carbocycles. The van der Waals surface area contributed by atoms with E-state index in [1.807, 2.05) is 20.8 Å². The molecule has 1 heterocycles. The summed E-state index contributed by atoms with van der Waals surface area (Å²) in [6.07, 6.45) is 2.33. The highest BCUT2D eigenvalue weighted by Gasteiger charge is 2.11. The zero-order chi connectivity index (χ0) is 8.69. The van der Waals surface area contributed by atoms with Gasteiger partial charge in [0.15, 0.2) is 0 Å². The van der Waals surface area contributed by atoms with Gasteiger partial charge in [0.05, 0.1) is 12.7 Å². The van der Waals surface area contributed by atoms with E-state index in [-0.39, 0.29) is 6.10 Å². The number of hydrogen-bond donors (Lipinski definition) is 1. The molecule has 1 aliphatic rings. The molecule has 0 aromatic heterocycles. The molecule has 0 aromatic rings. The molecule has 1 N–H and O–H groups in total. The van der Waals surface area contributed by atoms with E-state index in [0.29, 0.717) is 0 Å². The second kappa shape index (κ2) is 6.23. The minimum atomic E-state index is 0.267. The van der Waals surface area contributed by atoms with Crippen molar-refractivity contribution < 1.29 is 4.74 Å². The normalized spacial score (nSPS) is 26.9. The summed E-state index contributed by atoms with van der Waals surface area (Å²) in [4.78, 5) is 0. The van der Waals surface area contributed by atoms with Crippen molar-refractivity contribution in [2.75, 3.05) is 13.2 Å². The van der Waals surface area contributed by atoms with Crippen LogP contribution in [0.3, 0.4) is 0 Å². The van der Waals surface area contributed by atoms with Crippen molar-refractivity contribution in [3.63, 3.8) is 0 Å². The van der Waals surface area contributed by atoms with E-state index in [1.165, 1.54) is 5.70 Å². The molecule has 1 fully saturated rings. The maximum atomic E-state index is 5.35. The number of allylic oxidation sites excluding steroid dienone is 1. The first-order valence-electron chi connectivity index (χ1n) is 4.36. The summed E-state index contributed by atoms with van der Waals surface area (Å²) < 4.78 is 5.35. The molecule has 2 nitrogen and oxygen atoms in total. The van der Waals surface area contributed by atoms with Gasteiger partial charge in [-0.25, -0.2) is 0 Å². The molecular weight excluding hydrogens is 138 g/mol. The van der Waals surface area contributed by atoms with Crippen LogP contribution >= 0.6 is 0 Å². The molecule has 11 heavy (non-hydrogen) atoms. The quantitative estimate of drug-likeness (QED) is 0.580. The summed E-state index contributed by atoms with van der Waals surface area (Å²) in [6.45, 7) is 9.86. The van der Waals surface area contributed by atoms with Crippen molar-refractivity contribution in [2.45, 2.75) is 33.8 Å². The van der Waals surface area contributed by atoms with Crippen LogP contribution in [0.25, 0.3) is 0 Å². The topological polar surface area (TPSA) is 21.3 Å². The van der Waals surface area contributed by atoms with E-state index in [2.05, 4.69) is 18.3 Å². The fourth-order valence-corrected chi connectivity index (χ4v) is 1.00. The Hall–Kier alpha value is -0.500. The van der Waals surface area contributed by atoms with Crippen molar-refractivity contribution in [2.24, 2.45) is 0 Å².